The molecule has 0 spiro atoms. The van der Waals surface area contributed by atoms with Crippen LogP contribution in [0.1, 0.15) is 30.7 Å². The summed E-state index contributed by atoms with van der Waals surface area (Å²) in [5, 5.41) is 0. The van der Waals surface area contributed by atoms with Gasteiger partial charge in [0.1, 0.15) is 0 Å². The van der Waals surface area contributed by atoms with Crippen LogP contribution in [-0.4, -0.2) is 26.6 Å². The van der Waals surface area contributed by atoms with Crippen molar-refractivity contribution in [3.05, 3.63) is 29.8 Å². The first-order valence-electron chi connectivity index (χ1n) is 6.75. The fraction of sp³-hybridized carbons (Fsp3) is 0.500. The number of para-hydroxylation sites is 1. The van der Waals surface area contributed by atoms with E-state index in [0.717, 1.165) is 24.1 Å². The third kappa shape index (κ3) is 2.85. The summed E-state index contributed by atoms with van der Waals surface area (Å²) in [6.45, 7) is 0.283. The number of hydrogen-bond donors (Lipinski definition) is 0. The lowest BCUT2D eigenvalue weighted by atomic mass is 10.1. The molecule has 1 atom stereocenters. The minimum atomic E-state index is -4.53. The molecule has 1 amide bonds. The van der Waals surface area contributed by atoms with Gasteiger partial charge in [0.25, 0.3) is 0 Å². The highest BCUT2D eigenvalue weighted by Gasteiger charge is 2.36. The van der Waals surface area contributed by atoms with Gasteiger partial charge in [-0.25, -0.2) is 0 Å². The second-order valence-corrected chi connectivity index (χ2v) is 7.02. The standard InChI is InChI=1S/C14H16FNO3S/c15-20(18,19)9-10-7-14(17)16(8-10)13-4-2-1-3-12(13)11-5-6-11/h1-4,10-11H,5-9H2. The fourth-order valence-electron chi connectivity index (χ4n) is 2.88. The van der Waals surface area contributed by atoms with Crippen molar-refractivity contribution in [1.29, 1.82) is 0 Å². The monoisotopic (exact) mass is 297 g/mol. The summed E-state index contributed by atoms with van der Waals surface area (Å²) in [4.78, 5) is 13.7. The van der Waals surface area contributed by atoms with Crippen molar-refractivity contribution >= 4 is 21.8 Å². The Hall–Kier alpha value is -1.43. The summed E-state index contributed by atoms with van der Waals surface area (Å²) in [7, 11) is -4.53. The summed E-state index contributed by atoms with van der Waals surface area (Å²) in [5.41, 5.74) is 2.00. The van der Waals surface area contributed by atoms with Crippen molar-refractivity contribution in [3.8, 4) is 0 Å². The van der Waals surface area contributed by atoms with E-state index >= 15 is 0 Å². The Balaban J connectivity index is 1.83. The number of halogens is 1. The molecule has 1 unspecified atom stereocenters. The molecule has 1 aliphatic heterocycles. The molecule has 1 heterocycles. The molecule has 108 valence electrons. The lowest BCUT2D eigenvalue weighted by Gasteiger charge is -2.20. The minimum absolute atomic E-state index is 0.0994. The summed E-state index contributed by atoms with van der Waals surface area (Å²) < 4.78 is 34.2. The van der Waals surface area contributed by atoms with Crippen LogP contribution in [0, 0.1) is 5.92 Å². The molecule has 1 saturated heterocycles. The van der Waals surface area contributed by atoms with Crippen LogP contribution in [0.4, 0.5) is 9.57 Å². The molecule has 6 heteroatoms. The fourth-order valence-corrected chi connectivity index (χ4v) is 3.67. The van der Waals surface area contributed by atoms with Crippen LogP contribution >= 0.6 is 0 Å². The molecule has 2 fully saturated rings. The number of hydrogen-bond acceptors (Lipinski definition) is 3. The zero-order valence-corrected chi connectivity index (χ0v) is 11.8. The third-order valence-corrected chi connectivity index (χ3v) is 4.75. The van der Waals surface area contributed by atoms with Crippen LogP contribution in [0.3, 0.4) is 0 Å². The van der Waals surface area contributed by atoms with Crippen LogP contribution in [0.25, 0.3) is 0 Å². The maximum Gasteiger partial charge on any atom is 0.302 e. The number of rotatable bonds is 4. The van der Waals surface area contributed by atoms with E-state index in [9.17, 15) is 17.1 Å². The first kappa shape index (κ1) is 13.5. The maximum atomic E-state index is 12.8. The van der Waals surface area contributed by atoms with Crippen LogP contribution in [0.2, 0.25) is 0 Å². The normalized spacial score (nSPS) is 23.4. The number of carbonyl (C=O) groups is 1. The molecule has 0 N–H and O–H groups in total. The summed E-state index contributed by atoms with van der Waals surface area (Å²) in [6, 6.07) is 7.71. The zero-order valence-electron chi connectivity index (χ0n) is 11.0. The molecule has 1 aliphatic carbocycles. The smallest absolute Gasteiger partial charge is 0.302 e. The van der Waals surface area contributed by atoms with Crippen molar-refractivity contribution in [2.75, 3.05) is 17.2 Å². The highest BCUT2D eigenvalue weighted by atomic mass is 32.3. The molecule has 1 saturated carbocycles. The Bertz CT molecular complexity index is 640. The predicted octanol–water partition coefficient (Wildman–Crippen LogP) is 2.22. The number of amides is 1. The second-order valence-electron chi connectivity index (χ2n) is 5.61. The van der Waals surface area contributed by atoms with Crippen LogP contribution in [0.5, 0.6) is 0 Å². The van der Waals surface area contributed by atoms with Crippen molar-refractivity contribution < 1.29 is 17.1 Å². The zero-order chi connectivity index (χ0) is 14.3. The Labute approximate surface area is 117 Å². The quantitative estimate of drug-likeness (QED) is 0.801. The van der Waals surface area contributed by atoms with Crippen molar-refractivity contribution in [2.45, 2.75) is 25.2 Å². The van der Waals surface area contributed by atoms with Gasteiger partial charge in [-0.15, -0.1) is 3.89 Å². The van der Waals surface area contributed by atoms with E-state index in [1.807, 2.05) is 24.3 Å². The van der Waals surface area contributed by atoms with E-state index in [0.29, 0.717) is 5.92 Å². The highest BCUT2D eigenvalue weighted by Crippen LogP contribution is 2.45. The van der Waals surface area contributed by atoms with E-state index in [1.165, 1.54) is 0 Å². The van der Waals surface area contributed by atoms with Gasteiger partial charge >= 0.3 is 10.2 Å². The van der Waals surface area contributed by atoms with E-state index in [1.54, 1.807) is 4.90 Å². The van der Waals surface area contributed by atoms with E-state index < -0.39 is 21.9 Å². The Morgan fingerprint density at radius 2 is 1.95 bits per heavy atom. The van der Waals surface area contributed by atoms with Crippen molar-refractivity contribution in [1.82, 2.24) is 0 Å². The van der Waals surface area contributed by atoms with Gasteiger partial charge in [-0.3, -0.25) is 4.79 Å². The SMILES string of the molecule is O=C1CC(CS(=O)(=O)F)CN1c1ccccc1C1CC1. The minimum Gasteiger partial charge on any atom is -0.312 e. The molecule has 2 aliphatic rings. The number of carbonyl (C=O) groups excluding carboxylic acids is 1. The summed E-state index contributed by atoms with van der Waals surface area (Å²) >= 11 is 0. The third-order valence-electron chi connectivity index (χ3n) is 3.88. The first-order chi connectivity index (χ1) is 9.44. The van der Waals surface area contributed by atoms with Gasteiger partial charge in [0, 0.05) is 24.6 Å². The number of anilines is 1. The second kappa shape index (κ2) is 4.84. The molecule has 20 heavy (non-hydrogen) atoms. The van der Waals surface area contributed by atoms with E-state index in [2.05, 4.69) is 0 Å². The lowest BCUT2D eigenvalue weighted by molar-refractivity contribution is -0.117. The lowest BCUT2D eigenvalue weighted by Crippen LogP contribution is -2.26. The van der Waals surface area contributed by atoms with Gasteiger partial charge in [-0.2, -0.15) is 8.42 Å². The topological polar surface area (TPSA) is 54.5 Å². The average Bonchev–Trinajstić information content (AvgIpc) is 3.13. The first-order valence-corrected chi connectivity index (χ1v) is 8.31. The van der Waals surface area contributed by atoms with E-state index in [-0.39, 0.29) is 18.9 Å². The molecular weight excluding hydrogens is 281 g/mol. The van der Waals surface area contributed by atoms with Crippen LogP contribution < -0.4 is 4.90 Å². The Morgan fingerprint density at radius 1 is 1.25 bits per heavy atom. The van der Waals surface area contributed by atoms with Gasteiger partial charge in [0.15, 0.2) is 0 Å². The van der Waals surface area contributed by atoms with Crippen LogP contribution in [-0.2, 0) is 15.0 Å². The highest BCUT2D eigenvalue weighted by molar-refractivity contribution is 7.86. The number of benzene rings is 1. The Kier molecular flexibility index (Phi) is 3.28. The van der Waals surface area contributed by atoms with Gasteiger partial charge in [0.05, 0.1) is 5.75 Å². The van der Waals surface area contributed by atoms with Gasteiger partial charge in [-0.05, 0) is 30.4 Å². The largest absolute Gasteiger partial charge is 0.312 e. The maximum absolute atomic E-state index is 12.8. The van der Waals surface area contributed by atoms with E-state index in [4.69, 9.17) is 0 Å². The van der Waals surface area contributed by atoms with Crippen LogP contribution in [0.15, 0.2) is 24.3 Å². The van der Waals surface area contributed by atoms with Crippen molar-refractivity contribution in [2.24, 2.45) is 5.92 Å². The molecule has 1 aromatic carbocycles. The van der Waals surface area contributed by atoms with Gasteiger partial charge in [0.2, 0.25) is 5.91 Å². The van der Waals surface area contributed by atoms with Gasteiger partial charge in [-0.1, -0.05) is 18.2 Å². The molecule has 0 aromatic heterocycles. The summed E-state index contributed by atoms with van der Waals surface area (Å²) in [6.07, 6.45) is 2.35. The van der Waals surface area contributed by atoms with Crippen molar-refractivity contribution in [3.63, 3.8) is 0 Å². The molecule has 3 rings (SSSR count). The molecule has 1 aromatic rings. The number of nitrogens with zero attached hydrogens (tertiary/aromatic N) is 1. The molecule has 0 radical (unpaired) electrons. The average molecular weight is 297 g/mol. The molecule has 4 nitrogen and oxygen atoms in total. The molecular formula is C14H16FNO3S. The summed E-state index contributed by atoms with van der Waals surface area (Å²) in [5.74, 6) is -0.639. The Morgan fingerprint density at radius 3 is 2.60 bits per heavy atom. The predicted molar refractivity (Wildman–Crippen MR) is 73.8 cm³/mol. The van der Waals surface area contributed by atoms with Gasteiger partial charge < -0.3 is 4.90 Å². The molecule has 0 bridgehead atoms.